The van der Waals surface area contributed by atoms with Gasteiger partial charge in [-0.2, -0.15) is 0 Å². The minimum absolute atomic E-state index is 0.537. The Morgan fingerprint density at radius 1 is 1.11 bits per heavy atom. The maximum atomic E-state index is 3.46. The molecule has 1 aromatic carbocycles. The molecule has 1 aliphatic rings. The van der Waals surface area contributed by atoms with Crippen LogP contribution in [0.1, 0.15) is 63.0 Å². The van der Waals surface area contributed by atoms with Crippen molar-refractivity contribution in [2.45, 2.75) is 57.4 Å². The Bertz CT molecular complexity index is 314. The van der Waals surface area contributed by atoms with Gasteiger partial charge >= 0.3 is 0 Å². The molecule has 0 aliphatic heterocycles. The molecule has 0 amide bonds. The van der Waals surface area contributed by atoms with Crippen LogP contribution in [0, 0.1) is 5.92 Å². The van der Waals surface area contributed by atoms with E-state index >= 15 is 0 Å². The summed E-state index contributed by atoms with van der Waals surface area (Å²) in [4.78, 5) is 0. The van der Waals surface area contributed by atoms with Gasteiger partial charge < -0.3 is 5.32 Å². The van der Waals surface area contributed by atoms with Gasteiger partial charge in [0.25, 0.3) is 0 Å². The van der Waals surface area contributed by atoms with E-state index in [1.165, 1.54) is 56.9 Å². The van der Waals surface area contributed by atoms with Gasteiger partial charge in [-0.25, -0.2) is 0 Å². The van der Waals surface area contributed by atoms with Crippen molar-refractivity contribution in [3.8, 4) is 0 Å². The Morgan fingerprint density at radius 3 is 2.50 bits per heavy atom. The minimum Gasteiger partial charge on any atom is -0.313 e. The van der Waals surface area contributed by atoms with Crippen molar-refractivity contribution >= 4 is 0 Å². The van der Waals surface area contributed by atoms with Gasteiger partial charge in [-0.05, 0) is 24.9 Å². The van der Waals surface area contributed by atoms with Crippen LogP contribution in [0.15, 0.2) is 30.3 Å². The number of nitrogens with one attached hydrogen (secondary N) is 1. The highest BCUT2D eigenvalue weighted by molar-refractivity contribution is 5.18. The second kappa shape index (κ2) is 7.58. The lowest BCUT2D eigenvalue weighted by atomic mass is 9.85. The van der Waals surface area contributed by atoms with Gasteiger partial charge in [0.1, 0.15) is 0 Å². The first-order chi connectivity index (χ1) is 8.90. The van der Waals surface area contributed by atoms with Crippen molar-refractivity contribution < 1.29 is 0 Å². The van der Waals surface area contributed by atoms with Gasteiger partial charge in [0.05, 0.1) is 0 Å². The summed E-state index contributed by atoms with van der Waals surface area (Å²) in [6.45, 7) is 0. The fourth-order valence-corrected chi connectivity index (χ4v) is 3.25. The summed E-state index contributed by atoms with van der Waals surface area (Å²) in [5.74, 6) is 1.02. The van der Waals surface area contributed by atoms with Crippen LogP contribution in [0.5, 0.6) is 0 Å². The average Bonchev–Trinajstić information content (AvgIpc) is 2.46. The van der Waals surface area contributed by atoms with E-state index in [-0.39, 0.29) is 0 Å². The maximum Gasteiger partial charge on any atom is 0.0317 e. The highest BCUT2D eigenvalue weighted by Crippen LogP contribution is 2.29. The van der Waals surface area contributed by atoms with Gasteiger partial charge in [-0.15, -0.1) is 0 Å². The highest BCUT2D eigenvalue weighted by Gasteiger charge is 2.14. The first kappa shape index (κ1) is 13.6. The van der Waals surface area contributed by atoms with E-state index in [0.717, 1.165) is 5.92 Å². The van der Waals surface area contributed by atoms with Crippen molar-refractivity contribution in [1.82, 2.24) is 5.32 Å². The van der Waals surface area contributed by atoms with Crippen LogP contribution in [0.3, 0.4) is 0 Å². The van der Waals surface area contributed by atoms with Gasteiger partial charge in [0.2, 0.25) is 0 Å². The molecule has 1 atom stereocenters. The molecular weight excluding hydrogens is 218 g/mol. The van der Waals surface area contributed by atoms with E-state index in [1.807, 2.05) is 0 Å². The molecule has 0 aromatic heterocycles. The molecule has 0 bridgehead atoms. The molecule has 100 valence electrons. The molecule has 1 nitrogen and oxygen atoms in total. The molecule has 0 heterocycles. The third-order valence-electron chi connectivity index (χ3n) is 4.38. The zero-order valence-corrected chi connectivity index (χ0v) is 11.7. The first-order valence-electron chi connectivity index (χ1n) is 7.62. The summed E-state index contributed by atoms with van der Waals surface area (Å²) in [5.41, 5.74) is 1.43. The summed E-state index contributed by atoms with van der Waals surface area (Å²) in [6, 6.07) is 11.4. The lowest BCUT2D eigenvalue weighted by Gasteiger charge is -2.23. The Balaban J connectivity index is 1.73. The molecule has 1 heteroatoms. The molecule has 0 saturated heterocycles. The number of benzene rings is 1. The number of hydrogen-bond acceptors (Lipinski definition) is 1. The zero-order valence-electron chi connectivity index (χ0n) is 11.7. The summed E-state index contributed by atoms with van der Waals surface area (Å²) >= 11 is 0. The van der Waals surface area contributed by atoms with E-state index in [4.69, 9.17) is 0 Å². The summed E-state index contributed by atoms with van der Waals surface area (Å²) in [7, 11) is 2.08. The monoisotopic (exact) mass is 245 g/mol. The maximum absolute atomic E-state index is 3.46. The van der Waals surface area contributed by atoms with Crippen molar-refractivity contribution in [1.29, 1.82) is 0 Å². The topological polar surface area (TPSA) is 12.0 Å². The third kappa shape index (κ3) is 4.13. The Labute approximate surface area is 112 Å². The molecule has 2 rings (SSSR count). The van der Waals surface area contributed by atoms with Crippen molar-refractivity contribution in [3.63, 3.8) is 0 Å². The fraction of sp³-hybridized carbons (Fsp3) is 0.647. The smallest absolute Gasteiger partial charge is 0.0317 e. The van der Waals surface area contributed by atoms with Crippen LogP contribution in [0.2, 0.25) is 0 Å². The highest BCUT2D eigenvalue weighted by atomic mass is 14.9. The molecule has 0 radical (unpaired) electrons. The second-order valence-electron chi connectivity index (χ2n) is 5.69. The van der Waals surface area contributed by atoms with Crippen LogP contribution in [0.4, 0.5) is 0 Å². The van der Waals surface area contributed by atoms with Gasteiger partial charge in [0.15, 0.2) is 0 Å². The summed E-state index contributed by atoms with van der Waals surface area (Å²) < 4.78 is 0. The Morgan fingerprint density at radius 2 is 1.83 bits per heavy atom. The van der Waals surface area contributed by atoms with Gasteiger partial charge in [0, 0.05) is 6.04 Å². The van der Waals surface area contributed by atoms with Crippen LogP contribution in [0.25, 0.3) is 0 Å². The molecule has 1 fully saturated rings. The van der Waals surface area contributed by atoms with Crippen molar-refractivity contribution in [3.05, 3.63) is 35.9 Å². The van der Waals surface area contributed by atoms with Gasteiger partial charge in [-0.1, -0.05) is 75.3 Å². The normalized spacial score (nSPS) is 18.7. The summed E-state index contributed by atoms with van der Waals surface area (Å²) in [5, 5.41) is 3.46. The summed E-state index contributed by atoms with van der Waals surface area (Å²) in [6.07, 6.45) is 11.5. The lowest BCUT2D eigenvalue weighted by molar-refractivity contribution is 0.323. The molecule has 1 aliphatic carbocycles. The Kier molecular flexibility index (Phi) is 5.73. The lowest BCUT2D eigenvalue weighted by Crippen LogP contribution is -2.16. The molecular formula is C17H27N. The third-order valence-corrected chi connectivity index (χ3v) is 4.38. The molecule has 1 unspecified atom stereocenters. The van der Waals surface area contributed by atoms with E-state index in [9.17, 15) is 0 Å². The molecule has 1 saturated carbocycles. The number of hydrogen-bond donors (Lipinski definition) is 1. The van der Waals surface area contributed by atoms with Crippen molar-refractivity contribution in [2.75, 3.05) is 7.05 Å². The Hall–Kier alpha value is -0.820. The molecule has 1 aromatic rings. The predicted octanol–water partition coefficient (Wildman–Crippen LogP) is 4.70. The van der Waals surface area contributed by atoms with Crippen LogP contribution in [-0.2, 0) is 0 Å². The van der Waals surface area contributed by atoms with Crippen LogP contribution in [-0.4, -0.2) is 7.05 Å². The molecule has 18 heavy (non-hydrogen) atoms. The first-order valence-corrected chi connectivity index (χ1v) is 7.62. The van der Waals surface area contributed by atoms with Gasteiger partial charge in [-0.3, -0.25) is 0 Å². The van der Waals surface area contributed by atoms with E-state index in [0.29, 0.717) is 6.04 Å². The van der Waals surface area contributed by atoms with E-state index in [1.54, 1.807) is 0 Å². The standard InChI is InChI=1S/C17H27N/c1-18-17(16-12-6-3-7-13-16)14-8-11-15-9-4-2-5-10-15/h3,6-7,12-13,15,17-18H,2,4-5,8-11,14H2,1H3. The average molecular weight is 245 g/mol. The quantitative estimate of drug-likeness (QED) is 0.766. The van der Waals surface area contributed by atoms with Crippen LogP contribution >= 0.6 is 0 Å². The predicted molar refractivity (Wildman–Crippen MR) is 78.7 cm³/mol. The zero-order chi connectivity index (χ0) is 12.6. The number of rotatable bonds is 6. The fourth-order valence-electron chi connectivity index (χ4n) is 3.25. The van der Waals surface area contributed by atoms with Crippen molar-refractivity contribution in [2.24, 2.45) is 5.92 Å². The second-order valence-corrected chi connectivity index (χ2v) is 5.69. The van der Waals surface area contributed by atoms with E-state index < -0.39 is 0 Å². The molecule has 1 N–H and O–H groups in total. The molecule has 0 spiro atoms. The SMILES string of the molecule is CNC(CCCC1CCCCC1)c1ccccc1. The van der Waals surface area contributed by atoms with E-state index in [2.05, 4.69) is 42.7 Å². The largest absolute Gasteiger partial charge is 0.313 e. The van der Waals surface area contributed by atoms with Crippen LogP contribution < -0.4 is 5.32 Å². The minimum atomic E-state index is 0.537.